The Hall–Kier alpha value is -1.33. The van der Waals surface area contributed by atoms with E-state index in [0.29, 0.717) is 5.56 Å². The zero-order valence-corrected chi connectivity index (χ0v) is 11.3. The van der Waals surface area contributed by atoms with Crippen LogP contribution in [0.5, 0.6) is 0 Å². The Morgan fingerprint density at radius 1 is 1.00 bits per heavy atom. The summed E-state index contributed by atoms with van der Waals surface area (Å²) in [5.74, 6) is -1.73. The van der Waals surface area contributed by atoms with E-state index in [9.17, 15) is 18.3 Å². The largest absolute Gasteiger partial charge is 0.388 e. The molecule has 19 heavy (non-hydrogen) atoms. The van der Waals surface area contributed by atoms with Gasteiger partial charge in [0.1, 0.15) is 17.5 Å². The van der Waals surface area contributed by atoms with E-state index in [1.807, 2.05) is 0 Å². The average molecular weight is 331 g/mol. The fourth-order valence-corrected chi connectivity index (χ4v) is 2.06. The Labute approximate surface area is 116 Å². The van der Waals surface area contributed by atoms with Crippen LogP contribution >= 0.6 is 15.9 Å². The summed E-state index contributed by atoms with van der Waals surface area (Å²) >= 11 is 2.87. The van der Waals surface area contributed by atoms with E-state index in [2.05, 4.69) is 15.9 Å². The highest BCUT2D eigenvalue weighted by molar-refractivity contribution is 9.10. The molecule has 0 bridgehead atoms. The third kappa shape index (κ3) is 3.36. The topological polar surface area (TPSA) is 20.2 Å². The zero-order valence-electron chi connectivity index (χ0n) is 9.71. The van der Waals surface area contributed by atoms with E-state index in [4.69, 9.17) is 0 Å². The van der Waals surface area contributed by atoms with E-state index in [-0.39, 0.29) is 22.3 Å². The highest BCUT2D eigenvalue weighted by Crippen LogP contribution is 2.26. The summed E-state index contributed by atoms with van der Waals surface area (Å²) in [6, 6.07) is 7.41. The maximum absolute atomic E-state index is 13.6. The minimum absolute atomic E-state index is 0.00253. The molecule has 0 aliphatic rings. The molecule has 1 N–H and O–H groups in total. The summed E-state index contributed by atoms with van der Waals surface area (Å²) < 4.78 is 39.7. The van der Waals surface area contributed by atoms with Crippen molar-refractivity contribution in [2.24, 2.45) is 0 Å². The van der Waals surface area contributed by atoms with Crippen molar-refractivity contribution in [2.75, 3.05) is 0 Å². The SMILES string of the molecule is OC(Cc1ccc(F)cc1)c1cc(F)c(Br)cc1F. The number of rotatable bonds is 3. The van der Waals surface area contributed by atoms with Gasteiger partial charge in [-0.1, -0.05) is 12.1 Å². The Bertz CT molecular complexity index is 584. The Morgan fingerprint density at radius 2 is 1.63 bits per heavy atom. The number of aliphatic hydroxyl groups is 1. The monoisotopic (exact) mass is 330 g/mol. The molecule has 5 heteroatoms. The quantitative estimate of drug-likeness (QED) is 0.838. The summed E-state index contributed by atoms with van der Waals surface area (Å²) in [7, 11) is 0. The summed E-state index contributed by atoms with van der Waals surface area (Å²) in [5, 5.41) is 9.92. The lowest BCUT2D eigenvalue weighted by Crippen LogP contribution is -2.05. The third-order valence-corrected chi connectivity index (χ3v) is 3.35. The summed E-state index contributed by atoms with van der Waals surface area (Å²) in [6.45, 7) is 0. The second-order valence-corrected chi connectivity index (χ2v) is 4.99. The van der Waals surface area contributed by atoms with E-state index >= 15 is 0 Å². The van der Waals surface area contributed by atoms with Crippen LogP contribution in [0.4, 0.5) is 13.2 Å². The van der Waals surface area contributed by atoms with Crippen LogP contribution in [0.15, 0.2) is 40.9 Å². The standard InChI is InChI=1S/C14H10BrF3O/c15-11-7-12(17)10(6-13(11)18)14(19)5-8-1-3-9(16)4-2-8/h1-4,6-7,14,19H,5H2. The number of halogens is 4. The van der Waals surface area contributed by atoms with Crippen molar-refractivity contribution in [1.29, 1.82) is 0 Å². The maximum atomic E-state index is 13.6. The molecule has 0 aliphatic heterocycles. The molecule has 0 heterocycles. The molecule has 0 radical (unpaired) electrons. The van der Waals surface area contributed by atoms with Crippen LogP contribution in [0.3, 0.4) is 0 Å². The molecule has 2 rings (SSSR count). The van der Waals surface area contributed by atoms with Gasteiger partial charge in [0, 0.05) is 12.0 Å². The van der Waals surface area contributed by atoms with Gasteiger partial charge < -0.3 is 5.11 Å². The first kappa shape index (κ1) is 14.1. The van der Waals surface area contributed by atoms with Crippen molar-refractivity contribution in [3.05, 3.63) is 69.4 Å². The van der Waals surface area contributed by atoms with Crippen LogP contribution in [0.1, 0.15) is 17.2 Å². The van der Waals surface area contributed by atoms with Gasteiger partial charge in [0.15, 0.2) is 0 Å². The fraction of sp³-hybridized carbons (Fsp3) is 0.143. The molecular formula is C14H10BrF3O. The molecule has 0 aromatic heterocycles. The van der Waals surface area contributed by atoms with E-state index in [1.165, 1.54) is 24.3 Å². The summed E-state index contributed by atoms with van der Waals surface area (Å²) in [5.41, 5.74) is 0.515. The molecule has 2 aromatic carbocycles. The molecule has 100 valence electrons. The first-order chi connectivity index (χ1) is 8.97. The second-order valence-electron chi connectivity index (χ2n) is 4.13. The van der Waals surface area contributed by atoms with E-state index in [1.54, 1.807) is 0 Å². The second kappa shape index (κ2) is 5.75. The van der Waals surface area contributed by atoms with E-state index < -0.39 is 17.7 Å². The third-order valence-electron chi connectivity index (χ3n) is 2.74. The highest BCUT2D eigenvalue weighted by atomic mass is 79.9. The number of aliphatic hydroxyl groups excluding tert-OH is 1. The molecule has 2 aromatic rings. The van der Waals surface area contributed by atoms with Crippen LogP contribution in [-0.4, -0.2) is 5.11 Å². The lowest BCUT2D eigenvalue weighted by molar-refractivity contribution is 0.173. The molecule has 0 saturated heterocycles. The predicted octanol–water partition coefficient (Wildman–Crippen LogP) is 4.14. The normalized spacial score (nSPS) is 12.5. The van der Waals surface area contributed by atoms with Gasteiger partial charge in [-0.3, -0.25) is 0 Å². The van der Waals surface area contributed by atoms with Gasteiger partial charge in [-0.15, -0.1) is 0 Å². The summed E-state index contributed by atoms with van der Waals surface area (Å²) in [4.78, 5) is 0. The minimum Gasteiger partial charge on any atom is -0.388 e. The van der Waals surface area contributed by atoms with Crippen molar-refractivity contribution in [2.45, 2.75) is 12.5 Å². The Kier molecular flexibility index (Phi) is 4.27. The van der Waals surface area contributed by atoms with Gasteiger partial charge >= 0.3 is 0 Å². The van der Waals surface area contributed by atoms with Gasteiger partial charge in [0.05, 0.1) is 10.6 Å². The van der Waals surface area contributed by atoms with Crippen molar-refractivity contribution in [3.8, 4) is 0 Å². The molecule has 1 nitrogen and oxygen atoms in total. The van der Waals surface area contributed by atoms with Crippen LogP contribution in [0.2, 0.25) is 0 Å². The van der Waals surface area contributed by atoms with Crippen molar-refractivity contribution in [3.63, 3.8) is 0 Å². The van der Waals surface area contributed by atoms with Crippen LogP contribution in [0, 0.1) is 17.5 Å². The zero-order chi connectivity index (χ0) is 14.0. The summed E-state index contributed by atoms with van der Waals surface area (Å²) in [6.07, 6.45) is -1.11. The first-order valence-electron chi connectivity index (χ1n) is 5.54. The first-order valence-corrected chi connectivity index (χ1v) is 6.33. The minimum atomic E-state index is -1.19. The molecule has 1 unspecified atom stereocenters. The molecule has 1 atom stereocenters. The molecule has 0 amide bonds. The number of hydrogen-bond donors (Lipinski definition) is 1. The number of hydrogen-bond acceptors (Lipinski definition) is 1. The average Bonchev–Trinajstić information content (AvgIpc) is 2.36. The lowest BCUT2D eigenvalue weighted by Gasteiger charge is -2.13. The predicted molar refractivity (Wildman–Crippen MR) is 69.1 cm³/mol. The number of benzene rings is 2. The molecule has 0 saturated carbocycles. The Morgan fingerprint density at radius 3 is 2.26 bits per heavy atom. The smallest absolute Gasteiger partial charge is 0.137 e. The fourth-order valence-electron chi connectivity index (χ4n) is 1.75. The van der Waals surface area contributed by atoms with Gasteiger partial charge in [-0.25, -0.2) is 13.2 Å². The highest BCUT2D eigenvalue weighted by Gasteiger charge is 2.16. The van der Waals surface area contributed by atoms with Crippen LogP contribution in [0.25, 0.3) is 0 Å². The molecular weight excluding hydrogens is 321 g/mol. The van der Waals surface area contributed by atoms with Gasteiger partial charge in [0.2, 0.25) is 0 Å². The van der Waals surface area contributed by atoms with Gasteiger partial charge in [-0.05, 0) is 45.8 Å². The van der Waals surface area contributed by atoms with Crippen molar-refractivity contribution >= 4 is 15.9 Å². The molecule has 0 fully saturated rings. The van der Waals surface area contributed by atoms with Gasteiger partial charge in [0.25, 0.3) is 0 Å². The van der Waals surface area contributed by atoms with Crippen LogP contribution < -0.4 is 0 Å². The Balaban J connectivity index is 2.22. The molecule has 0 aliphatic carbocycles. The molecule has 0 spiro atoms. The van der Waals surface area contributed by atoms with Gasteiger partial charge in [-0.2, -0.15) is 0 Å². The maximum Gasteiger partial charge on any atom is 0.137 e. The van der Waals surface area contributed by atoms with Crippen LogP contribution in [-0.2, 0) is 6.42 Å². The van der Waals surface area contributed by atoms with Crippen molar-refractivity contribution in [1.82, 2.24) is 0 Å². The van der Waals surface area contributed by atoms with Crippen molar-refractivity contribution < 1.29 is 18.3 Å². The van der Waals surface area contributed by atoms with E-state index in [0.717, 1.165) is 12.1 Å². The lowest BCUT2D eigenvalue weighted by atomic mass is 10.0.